The number of piperidine rings is 1. The van der Waals surface area contributed by atoms with Crippen molar-refractivity contribution in [3.05, 3.63) is 35.7 Å². The lowest BCUT2D eigenvalue weighted by atomic mass is 9.95. The number of ether oxygens (including phenoxy) is 1. The number of hydrogen-bond donors (Lipinski definition) is 1. The molecule has 28 heavy (non-hydrogen) atoms. The number of aromatic nitrogens is 4. The van der Waals surface area contributed by atoms with E-state index in [-0.39, 0.29) is 5.41 Å². The molecule has 1 unspecified atom stereocenters. The topological polar surface area (TPSA) is 76.1 Å². The fourth-order valence-electron chi connectivity index (χ4n) is 3.39. The van der Waals surface area contributed by atoms with Crippen molar-refractivity contribution in [2.24, 2.45) is 0 Å². The van der Waals surface area contributed by atoms with E-state index < -0.39 is 0 Å². The van der Waals surface area contributed by atoms with Crippen LogP contribution in [0.5, 0.6) is 0 Å². The number of hydrogen-bond acceptors (Lipinski definition) is 7. The molecule has 1 N–H and O–H groups in total. The Morgan fingerprint density at radius 1 is 1.18 bits per heavy atom. The molecule has 1 atom stereocenters. The molecule has 1 aliphatic rings. The van der Waals surface area contributed by atoms with Gasteiger partial charge >= 0.3 is 0 Å². The van der Waals surface area contributed by atoms with E-state index in [0.29, 0.717) is 12.6 Å². The number of aryl methyl sites for hydroxylation is 1. The molecule has 0 aromatic carbocycles. The van der Waals surface area contributed by atoms with Gasteiger partial charge in [0, 0.05) is 49.5 Å². The first-order valence-electron chi connectivity index (χ1n) is 10.1. The highest BCUT2D eigenvalue weighted by Gasteiger charge is 2.23. The molecule has 2 aromatic heterocycles. The summed E-state index contributed by atoms with van der Waals surface area (Å²) in [6.07, 6.45) is 4.81. The number of methoxy groups -OCH3 is 1. The van der Waals surface area contributed by atoms with Crippen molar-refractivity contribution in [3.63, 3.8) is 0 Å². The van der Waals surface area contributed by atoms with Gasteiger partial charge in [0.15, 0.2) is 0 Å². The highest BCUT2D eigenvalue weighted by Crippen LogP contribution is 2.24. The van der Waals surface area contributed by atoms with Gasteiger partial charge in [0.05, 0.1) is 12.3 Å². The van der Waals surface area contributed by atoms with Crippen LogP contribution in [0.4, 0.5) is 11.6 Å². The molecule has 1 aliphatic heterocycles. The van der Waals surface area contributed by atoms with Gasteiger partial charge in [-0.2, -0.15) is 0 Å². The quantitative estimate of drug-likeness (QED) is 0.818. The molecule has 3 heterocycles. The third-order valence-electron chi connectivity index (χ3n) is 4.91. The summed E-state index contributed by atoms with van der Waals surface area (Å²) in [5.74, 6) is 2.72. The number of nitrogens with one attached hydrogen (secondary N) is 1. The molecule has 0 bridgehead atoms. The molecule has 1 saturated heterocycles. The first kappa shape index (κ1) is 20.5. The van der Waals surface area contributed by atoms with Gasteiger partial charge in [-0.05, 0) is 19.3 Å². The van der Waals surface area contributed by atoms with Crippen LogP contribution in [0.25, 0.3) is 0 Å². The second kappa shape index (κ2) is 8.82. The maximum absolute atomic E-state index is 5.30. The van der Waals surface area contributed by atoms with Gasteiger partial charge in [0.25, 0.3) is 0 Å². The van der Waals surface area contributed by atoms with Crippen LogP contribution in [0, 0.1) is 0 Å². The summed E-state index contributed by atoms with van der Waals surface area (Å²) in [5.41, 5.74) is 1.87. The number of anilines is 2. The molecule has 7 heteroatoms. The summed E-state index contributed by atoms with van der Waals surface area (Å²) in [6.45, 7) is 10.9. The Balaban J connectivity index is 1.76. The smallest absolute Gasteiger partial charge is 0.136 e. The van der Waals surface area contributed by atoms with Crippen LogP contribution >= 0.6 is 0 Å². The van der Waals surface area contributed by atoms with E-state index in [2.05, 4.69) is 58.9 Å². The van der Waals surface area contributed by atoms with Crippen molar-refractivity contribution < 1.29 is 4.74 Å². The van der Waals surface area contributed by atoms with Crippen molar-refractivity contribution in [1.29, 1.82) is 0 Å². The zero-order valence-electron chi connectivity index (χ0n) is 17.7. The molecule has 0 aliphatic carbocycles. The molecular weight excluding hydrogens is 352 g/mol. The Hall–Kier alpha value is -2.28. The molecule has 152 valence electrons. The van der Waals surface area contributed by atoms with Crippen LogP contribution < -0.4 is 10.2 Å². The van der Waals surface area contributed by atoms with E-state index in [1.54, 1.807) is 13.4 Å². The summed E-state index contributed by atoms with van der Waals surface area (Å²) in [5, 5.41) is 3.63. The molecule has 0 spiro atoms. The Bertz CT molecular complexity index is 789. The average molecular weight is 385 g/mol. The van der Waals surface area contributed by atoms with E-state index in [9.17, 15) is 0 Å². The Morgan fingerprint density at radius 3 is 2.71 bits per heavy atom. The van der Waals surface area contributed by atoms with E-state index >= 15 is 0 Å². The second-order valence-electron chi connectivity index (χ2n) is 8.40. The average Bonchev–Trinajstić information content (AvgIpc) is 2.68. The van der Waals surface area contributed by atoms with Crippen LogP contribution in [0.3, 0.4) is 0 Å². The summed E-state index contributed by atoms with van der Waals surface area (Å²) < 4.78 is 5.30. The highest BCUT2D eigenvalue weighted by molar-refractivity contribution is 5.43. The van der Waals surface area contributed by atoms with Crippen LogP contribution in [0.15, 0.2) is 18.5 Å². The van der Waals surface area contributed by atoms with Crippen molar-refractivity contribution >= 4 is 11.6 Å². The predicted octanol–water partition coefficient (Wildman–Crippen LogP) is 3.35. The molecule has 7 nitrogen and oxygen atoms in total. The molecule has 0 amide bonds. The number of rotatable bonds is 6. The maximum atomic E-state index is 5.30. The summed E-state index contributed by atoms with van der Waals surface area (Å²) in [4.78, 5) is 20.6. The lowest BCUT2D eigenvalue weighted by molar-refractivity contribution is 0.181. The molecule has 3 rings (SSSR count). The Labute approximate surface area is 168 Å². The van der Waals surface area contributed by atoms with Crippen molar-refractivity contribution in [1.82, 2.24) is 19.9 Å². The molecule has 1 fully saturated rings. The zero-order valence-corrected chi connectivity index (χ0v) is 17.7. The highest BCUT2D eigenvalue weighted by atomic mass is 16.5. The number of nitrogens with zero attached hydrogens (tertiary/aromatic N) is 5. The second-order valence-corrected chi connectivity index (χ2v) is 8.40. The lowest BCUT2D eigenvalue weighted by Crippen LogP contribution is -2.42. The predicted molar refractivity (Wildman–Crippen MR) is 112 cm³/mol. The summed E-state index contributed by atoms with van der Waals surface area (Å²) >= 11 is 0. The van der Waals surface area contributed by atoms with Crippen LogP contribution in [0.2, 0.25) is 0 Å². The van der Waals surface area contributed by atoms with Crippen LogP contribution in [-0.2, 0) is 23.2 Å². The third kappa shape index (κ3) is 5.16. The van der Waals surface area contributed by atoms with Crippen molar-refractivity contribution in [2.45, 2.75) is 65.0 Å². The van der Waals surface area contributed by atoms with E-state index in [1.807, 2.05) is 6.07 Å². The largest absolute Gasteiger partial charge is 0.378 e. The molecule has 0 saturated carbocycles. The molecule has 0 radical (unpaired) electrons. The lowest BCUT2D eigenvalue weighted by Gasteiger charge is -2.34. The van der Waals surface area contributed by atoms with Gasteiger partial charge in [0.2, 0.25) is 0 Å². The maximum Gasteiger partial charge on any atom is 0.136 e. The minimum Gasteiger partial charge on any atom is -0.378 e. The Morgan fingerprint density at radius 2 is 2.00 bits per heavy atom. The minimum absolute atomic E-state index is 0.115. The van der Waals surface area contributed by atoms with E-state index in [1.165, 1.54) is 0 Å². The fourth-order valence-corrected chi connectivity index (χ4v) is 3.39. The SMILES string of the molecule is CCc1cc(N2CCCC(Nc3cc(COC)nc(C(C)(C)C)n3)C2)ncn1. The van der Waals surface area contributed by atoms with Gasteiger partial charge in [-0.3, -0.25) is 0 Å². The van der Waals surface area contributed by atoms with Gasteiger partial charge in [-0.15, -0.1) is 0 Å². The van der Waals surface area contributed by atoms with E-state index in [0.717, 1.165) is 61.2 Å². The first-order valence-corrected chi connectivity index (χ1v) is 10.1. The van der Waals surface area contributed by atoms with Crippen LogP contribution in [0.1, 0.15) is 57.7 Å². The van der Waals surface area contributed by atoms with Crippen LogP contribution in [-0.4, -0.2) is 46.2 Å². The van der Waals surface area contributed by atoms with Gasteiger partial charge in [0.1, 0.15) is 23.8 Å². The zero-order chi connectivity index (χ0) is 20.1. The van der Waals surface area contributed by atoms with Gasteiger partial charge in [-0.25, -0.2) is 19.9 Å². The normalized spacial score (nSPS) is 17.6. The van der Waals surface area contributed by atoms with Crippen molar-refractivity contribution in [3.8, 4) is 0 Å². The van der Waals surface area contributed by atoms with Crippen molar-refractivity contribution in [2.75, 3.05) is 30.4 Å². The summed E-state index contributed by atoms with van der Waals surface area (Å²) in [6, 6.07) is 4.41. The van der Waals surface area contributed by atoms with Gasteiger partial charge < -0.3 is 15.0 Å². The van der Waals surface area contributed by atoms with Gasteiger partial charge in [-0.1, -0.05) is 27.7 Å². The Kier molecular flexibility index (Phi) is 6.44. The standard InChI is InChI=1S/C21H32N6O/c1-6-15-11-19(23-14-22-15)27-9-7-8-16(12-27)24-18-10-17(13-28-5)25-20(26-18)21(2,3)4/h10-11,14,16H,6-9,12-13H2,1-5H3,(H,24,25,26). The fraction of sp³-hybridized carbons (Fsp3) is 0.619. The molecular formula is C21H32N6O. The summed E-state index contributed by atoms with van der Waals surface area (Å²) in [7, 11) is 1.69. The monoisotopic (exact) mass is 384 g/mol. The molecule has 2 aromatic rings. The third-order valence-corrected chi connectivity index (χ3v) is 4.91. The minimum atomic E-state index is -0.115. The van der Waals surface area contributed by atoms with E-state index in [4.69, 9.17) is 9.72 Å². The first-order chi connectivity index (χ1) is 13.4.